The van der Waals surface area contributed by atoms with Gasteiger partial charge < -0.3 is 10.2 Å². The third-order valence-corrected chi connectivity index (χ3v) is 3.40. The summed E-state index contributed by atoms with van der Waals surface area (Å²) >= 11 is 6.14. The summed E-state index contributed by atoms with van der Waals surface area (Å²) in [4.78, 5) is 2.40. The zero-order chi connectivity index (χ0) is 10.8. The molecular weight excluding hydrogens is 243 g/mol. The molecule has 1 atom stereocenters. The Balaban J connectivity index is 0.00000128. The molecule has 1 aliphatic heterocycles. The second-order valence-electron chi connectivity index (χ2n) is 4.18. The van der Waals surface area contributed by atoms with Gasteiger partial charge in [-0.3, -0.25) is 0 Å². The van der Waals surface area contributed by atoms with Crippen molar-refractivity contribution in [1.82, 2.24) is 5.32 Å². The minimum Gasteiger partial charge on any atom is -0.366 e. The predicted molar refractivity (Wildman–Crippen MR) is 73.1 cm³/mol. The Kier molecular flexibility index (Phi) is 4.90. The zero-order valence-corrected chi connectivity index (χ0v) is 11.2. The number of piperazine rings is 1. The van der Waals surface area contributed by atoms with Gasteiger partial charge in [0.2, 0.25) is 0 Å². The molecule has 90 valence electrons. The fourth-order valence-electron chi connectivity index (χ4n) is 1.99. The van der Waals surface area contributed by atoms with Crippen LogP contribution in [0.1, 0.15) is 12.5 Å². The molecule has 4 heteroatoms. The highest BCUT2D eigenvalue weighted by Crippen LogP contribution is 2.24. The van der Waals surface area contributed by atoms with E-state index in [0.717, 1.165) is 30.2 Å². The van der Waals surface area contributed by atoms with E-state index in [0.29, 0.717) is 6.04 Å². The average Bonchev–Trinajstić information content (AvgIpc) is 2.23. The molecule has 1 heterocycles. The maximum Gasteiger partial charge on any atom is 0.0455 e. The second kappa shape index (κ2) is 5.76. The summed E-state index contributed by atoms with van der Waals surface area (Å²) in [6.45, 7) is 7.43. The van der Waals surface area contributed by atoms with Gasteiger partial charge in [0.05, 0.1) is 0 Å². The molecule has 1 N–H and O–H groups in total. The Morgan fingerprint density at radius 3 is 2.81 bits per heavy atom. The Labute approximate surface area is 108 Å². The molecule has 0 saturated carbocycles. The SMILES string of the molecule is Cc1ccc(N2CCNCC2C)cc1Cl.Cl. The number of aryl methyl sites for hydroxylation is 1. The molecule has 0 amide bonds. The van der Waals surface area contributed by atoms with Crippen LogP contribution in [0.4, 0.5) is 5.69 Å². The topological polar surface area (TPSA) is 15.3 Å². The first-order valence-electron chi connectivity index (χ1n) is 5.42. The van der Waals surface area contributed by atoms with Crippen LogP contribution >= 0.6 is 24.0 Å². The quantitative estimate of drug-likeness (QED) is 0.836. The minimum atomic E-state index is 0. The lowest BCUT2D eigenvalue weighted by Crippen LogP contribution is -2.49. The van der Waals surface area contributed by atoms with Gasteiger partial charge in [-0.1, -0.05) is 17.7 Å². The van der Waals surface area contributed by atoms with E-state index in [2.05, 4.69) is 35.3 Å². The summed E-state index contributed by atoms with van der Waals surface area (Å²) in [5.74, 6) is 0. The van der Waals surface area contributed by atoms with Crippen molar-refractivity contribution in [1.29, 1.82) is 0 Å². The van der Waals surface area contributed by atoms with E-state index in [-0.39, 0.29) is 12.4 Å². The molecule has 0 aromatic heterocycles. The van der Waals surface area contributed by atoms with Gasteiger partial charge in [0.1, 0.15) is 0 Å². The number of anilines is 1. The van der Waals surface area contributed by atoms with Gasteiger partial charge in [0, 0.05) is 36.4 Å². The fraction of sp³-hybridized carbons (Fsp3) is 0.500. The van der Waals surface area contributed by atoms with E-state index in [1.807, 2.05) is 6.92 Å². The second-order valence-corrected chi connectivity index (χ2v) is 4.59. The maximum atomic E-state index is 6.14. The smallest absolute Gasteiger partial charge is 0.0455 e. The van der Waals surface area contributed by atoms with E-state index in [1.165, 1.54) is 5.69 Å². The van der Waals surface area contributed by atoms with Crippen molar-refractivity contribution in [2.24, 2.45) is 0 Å². The van der Waals surface area contributed by atoms with Crippen molar-refractivity contribution in [3.8, 4) is 0 Å². The summed E-state index contributed by atoms with van der Waals surface area (Å²) in [6.07, 6.45) is 0. The summed E-state index contributed by atoms with van der Waals surface area (Å²) < 4.78 is 0. The van der Waals surface area contributed by atoms with E-state index in [1.54, 1.807) is 0 Å². The van der Waals surface area contributed by atoms with Gasteiger partial charge in [-0.05, 0) is 31.5 Å². The highest BCUT2D eigenvalue weighted by molar-refractivity contribution is 6.31. The van der Waals surface area contributed by atoms with Crippen molar-refractivity contribution in [3.05, 3.63) is 28.8 Å². The van der Waals surface area contributed by atoms with Gasteiger partial charge in [0.15, 0.2) is 0 Å². The number of hydrogen-bond acceptors (Lipinski definition) is 2. The van der Waals surface area contributed by atoms with Crippen molar-refractivity contribution in [2.45, 2.75) is 19.9 Å². The summed E-state index contributed by atoms with van der Waals surface area (Å²) in [7, 11) is 0. The summed E-state index contributed by atoms with van der Waals surface area (Å²) in [6, 6.07) is 6.85. The van der Waals surface area contributed by atoms with Crippen LogP contribution in [-0.4, -0.2) is 25.7 Å². The highest BCUT2D eigenvalue weighted by Gasteiger charge is 2.18. The Bertz CT molecular complexity index is 355. The fourth-order valence-corrected chi connectivity index (χ4v) is 2.16. The van der Waals surface area contributed by atoms with Gasteiger partial charge in [-0.15, -0.1) is 12.4 Å². The Hall–Kier alpha value is -0.440. The zero-order valence-electron chi connectivity index (χ0n) is 9.66. The van der Waals surface area contributed by atoms with Gasteiger partial charge in [-0.2, -0.15) is 0 Å². The monoisotopic (exact) mass is 260 g/mol. The molecule has 1 saturated heterocycles. The molecular formula is C12H18Cl2N2. The lowest BCUT2D eigenvalue weighted by Gasteiger charge is -2.36. The number of nitrogens with zero attached hydrogens (tertiary/aromatic N) is 1. The first-order chi connectivity index (χ1) is 7.18. The highest BCUT2D eigenvalue weighted by atomic mass is 35.5. The third-order valence-electron chi connectivity index (χ3n) is 2.99. The molecule has 2 rings (SSSR count). The molecule has 1 unspecified atom stereocenters. The molecule has 1 aromatic rings. The Morgan fingerprint density at radius 2 is 2.19 bits per heavy atom. The molecule has 1 aromatic carbocycles. The molecule has 16 heavy (non-hydrogen) atoms. The first kappa shape index (κ1) is 13.6. The van der Waals surface area contributed by atoms with Crippen LogP contribution < -0.4 is 10.2 Å². The molecule has 0 aliphatic carbocycles. The third kappa shape index (κ3) is 2.82. The van der Waals surface area contributed by atoms with Crippen molar-refractivity contribution < 1.29 is 0 Å². The van der Waals surface area contributed by atoms with Crippen LogP contribution in [0.15, 0.2) is 18.2 Å². The number of hydrogen-bond donors (Lipinski definition) is 1. The molecule has 1 fully saturated rings. The number of nitrogens with one attached hydrogen (secondary N) is 1. The van der Waals surface area contributed by atoms with Crippen LogP contribution in [0, 0.1) is 6.92 Å². The first-order valence-corrected chi connectivity index (χ1v) is 5.80. The van der Waals surface area contributed by atoms with Gasteiger partial charge in [-0.25, -0.2) is 0 Å². The number of benzene rings is 1. The average molecular weight is 261 g/mol. The normalized spacial score (nSPS) is 20.4. The number of halogens is 2. The van der Waals surface area contributed by atoms with Crippen LogP contribution in [0.3, 0.4) is 0 Å². The van der Waals surface area contributed by atoms with Crippen molar-refractivity contribution >= 4 is 29.7 Å². The lowest BCUT2D eigenvalue weighted by molar-refractivity contribution is 0.501. The van der Waals surface area contributed by atoms with Gasteiger partial charge >= 0.3 is 0 Å². The van der Waals surface area contributed by atoms with E-state index >= 15 is 0 Å². The van der Waals surface area contributed by atoms with E-state index in [4.69, 9.17) is 11.6 Å². The molecule has 0 bridgehead atoms. The minimum absolute atomic E-state index is 0. The van der Waals surface area contributed by atoms with Crippen molar-refractivity contribution in [3.63, 3.8) is 0 Å². The van der Waals surface area contributed by atoms with Crippen LogP contribution in [0.5, 0.6) is 0 Å². The summed E-state index contributed by atoms with van der Waals surface area (Å²) in [5.41, 5.74) is 2.38. The predicted octanol–water partition coefficient (Wildman–Crippen LogP) is 2.87. The lowest BCUT2D eigenvalue weighted by atomic mass is 10.1. The van der Waals surface area contributed by atoms with E-state index in [9.17, 15) is 0 Å². The summed E-state index contributed by atoms with van der Waals surface area (Å²) in [5, 5.41) is 4.25. The van der Waals surface area contributed by atoms with Crippen LogP contribution in [0.2, 0.25) is 5.02 Å². The number of rotatable bonds is 1. The van der Waals surface area contributed by atoms with Crippen molar-refractivity contribution in [2.75, 3.05) is 24.5 Å². The molecule has 1 aliphatic rings. The standard InChI is InChI=1S/C12H17ClN2.ClH/c1-9-3-4-11(7-12(9)13)15-6-5-14-8-10(15)2;/h3-4,7,10,14H,5-6,8H2,1-2H3;1H. The van der Waals surface area contributed by atoms with Gasteiger partial charge in [0.25, 0.3) is 0 Å². The molecule has 2 nitrogen and oxygen atoms in total. The van der Waals surface area contributed by atoms with E-state index < -0.39 is 0 Å². The van der Waals surface area contributed by atoms with Crippen LogP contribution in [-0.2, 0) is 0 Å². The largest absolute Gasteiger partial charge is 0.366 e. The van der Waals surface area contributed by atoms with Crippen LogP contribution in [0.25, 0.3) is 0 Å². The molecule has 0 spiro atoms. The molecule has 0 radical (unpaired) electrons. The maximum absolute atomic E-state index is 6.14. The Morgan fingerprint density at radius 1 is 1.44 bits per heavy atom.